The van der Waals surface area contributed by atoms with Crippen LogP contribution in [0.1, 0.15) is 51.7 Å². The van der Waals surface area contributed by atoms with Gasteiger partial charge in [-0.15, -0.1) is 0 Å². The summed E-state index contributed by atoms with van der Waals surface area (Å²) in [6.07, 6.45) is 2.46. The summed E-state index contributed by atoms with van der Waals surface area (Å²) in [5.41, 5.74) is 2.74. The molecule has 0 aromatic heterocycles. The maximum absolute atomic E-state index is 6.12. The van der Waals surface area contributed by atoms with E-state index in [4.69, 9.17) is 4.74 Å². The van der Waals surface area contributed by atoms with Crippen LogP contribution in [0.25, 0.3) is 0 Å². The molecule has 0 heterocycles. The van der Waals surface area contributed by atoms with E-state index in [0.717, 1.165) is 25.1 Å². The lowest BCUT2D eigenvalue weighted by molar-refractivity contribution is 0.175. The van der Waals surface area contributed by atoms with Crippen LogP contribution in [0.4, 0.5) is 0 Å². The molecule has 1 aromatic carbocycles. The summed E-state index contributed by atoms with van der Waals surface area (Å²) < 4.78 is 6.12. The first kappa shape index (κ1) is 16.0. The lowest BCUT2D eigenvalue weighted by Crippen LogP contribution is -2.42. The Balaban J connectivity index is 2.64. The van der Waals surface area contributed by atoms with E-state index in [1.165, 1.54) is 11.1 Å². The van der Waals surface area contributed by atoms with Gasteiger partial charge in [-0.2, -0.15) is 0 Å². The number of hydrogen-bond acceptors (Lipinski definition) is 2. The summed E-state index contributed by atoms with van der Waals surface area (Å²) >= 11 is 0. The molecule has 1 aromatic rings. The van der Waals surface area contributed by atoms with Crippen molar-refractivity contribution in [3.8, 4) is 5.75 Å². The third-order valence-corrected chi connectivity index (χ3v) is 3.25. The Kier molecular flexibility index (Phi) is 5.86. The molecule has 19 heavy (non-hydrogen) atoms. The molecule has 0 fully saturated rings. The number of ether oxygens (including phenoxy) is 1. The Labute approximate surface area is 118 Å². The van der Waals surface area contributed by atoms with Crippen LogP contribution in [0.2, 0.25) is 0 Å². The van der Waals surface area contributed by atoms with Crippen molar-refractivity contribution >= 4 is 0 Å². The zero-order valence-corrected chi connectivity index (χ0v) is 13.3. The smallest absolute Gasteiger partial charge is 0.120 e. The van der Waals surface area contributed by atoms with Crippen molar-refractivity contribution in [2.45, 2.75) is 66.0 Å². The fraction of sp³-hybridized carbons (Fsp3) is 0.647. The fourth-order valence-electron chi connectivity index (χ4n) is 1.92. The van der Waals surface area contributed by atoms with Gasteiger partial charge in [-0.1, -0.05) is 19.4 Å². The van der Waals surface area contributed by atoms with E-state index in [-0.39, 0.29) is 11.6 Å². The third-order valence-electron chi connectivity index (χ3n) is 3.25. The molecule has 1 N–H and O–H groups in total. The van der Waals surface area contributed by atoms with Gasteiger partial charge in [0.1, 0.15) is 11.9 Å². The number of benzene rings is 1. The molecule has 0 saturated carbocycles. The van der Waals surface area contributed by atoms with Crippen molar-refractivity contribution in [3.63, 3.8) is 0 Å². The highest BCUT2D eigenvalue weighted by atomic mass is 16.5. The van der Waals surface area contributed by atoms with Gasteiger partial charge in [-0.3, -0.25) is 0 Å². The Hall–Kier alpha value is -1.02. The number of hydrogen-bond donors (Lipinski definition) is 1. The van der Waals surface area contributed by atoms with Crippen LogP contribution in [-0.2, 0) is 0 Å². The molecule has 0 aliphatic rings. The second kappa shape index (κ2) is 6.95. The van der Waals surface area contributed by atoms with E-state index >= 15 is 0 Å². The molecule has 1 rings (SSSR count). The summed E-state index contributed by atoms with van der Waals surface area (Å²) in [6.45, 7) is 13.9. The lowest BCUT2D eigenvalue weighted by Gasteiger charge is -2.26. The fourth-order valence-corrected chi connectivity index (χ4v) is 1.92. The van der Waals surface area contributed by atoms with E-state index in [2.05, 4.69) is 65.1 Å². The predicted molar refractivity (Wildman–Crippen MR) is 83.0 cm³/mol. The summed E-state index contributed by atoms with van der Waals surface area (Å²) in [7, 11) is 0. The van der Waals surface area contributed by atoms with Crippen molar-refractivity contribution in [2.75, 3.05) is 6.54 Å². The predicted octanol–water partition coefficient (Wildman–Crippen LogP) is 4.24. The third kappa shape index (κ3) is 6.11. The van der Waals surface area contributed by atoms with E-state index in [1.54, 1.807) is 0 Å². The number of nitrogens with one attached hydrogen (secondary N) is 1. The van der Waals surface area contributed by atoms with Crippen LogP contribution in [0, 0.1) is 13.8 Å². The Morgan fingerprint density at radius 2 is 1.84 bits per heavy atom. The Morgan fingerprint density at radius 3 is 2.37 bits per heavy atom. The quantitative estimate of drug-likeness (QED) is 0.829. The van der Waals surface area contributed by atoms with E-state index in [1.807, 2.05) is 0 Å². The zero-order valence-electron chi connectivity index (χ0n) is 13.3. The first-order valence-electron chi connectivity index (χ1n) is 7.31. The lowest BCUT2D eigenvalue weighted by atomic mass is 10.1. The second-order valence-electron chi connectivity index (χ2n) is 6.41. The minimum atomic E-state index is 0.137. The average Bonchev–Trinajstić information content (AvgIpc) is 2.30. The standard InChI is InChI=1S/C17H29NO/c1-7-8-16(12-18-17(4,5)6)19-15-10-9-13(2)14(3)11-15/h9-11,16,18H,7-8,12H2,1-6H3. The molecule has 0 saturated heterocycles. The molecule has 2 heteroatoms. The summed E-state index contributed by atoms with van der Waals surface area (Å²) in [4.78, 5) is 0. The first-order valence-corrected chi connectivity index (χ1v) is 7.31. The van der Waals surface area contributed by atoms with Crippen LogP contribution < -0.4 is 10.1 Å². The molecule has 0 amide bonds. The Morgan fingerprint density at radius 1 is 1.16 bits per heavy atom. The van der Waals surface area contributed by atoms with Gasteiger partial charge in [0.05, 0.1) is 0 Å². The SMILES string of the molecule is CCCC(CNC(C)(C)C)Oc1ccc(C)c(C)c1. The maximum Gasteiger partial charge on any atom is 0.120 e. The van der Waals surface area contributed by atoms with Crippen molar-refractivity contribution in [1.29, 1.82) is 0 Å². The van der Waals surface area contributed by atoms with Crippen LogP contribution in [0.15, 0.2) is 18.2 Å². The molecular weight excluding hydrogens is 234 g/mol. The highest BCUT2D eigenvalue weighted by Gasteiger charge is 2.15. The molecule has 0 spiro atoms. The Bertz CT molecular complexity index is 393. The molecule has 0 aliphatic heterocycles. The van der Waals surface area contributed by atoms with Crippen LogP contribution >= 0.6 is 0 Å². The summed E-state index contributed by atoms with van der Waals surface area (Å²) in [6, 6.07) is 6.34. The van der Waals surface area contributed by atoms with Crippen molar-refractivity contribution < 1.29 is 4.74 Å². The van der Waals surface area contributed by atoms with E-state index in [9.17, 15) is 0 Å². The van der Waals surface area contributed by atoms with Gasteiger partial charge in [0.25, 0.3) is 0 Å². The molecule has 0 aliphatic carbocycles. The van der Waals surface area contributed by atoms with Crippen LogP contribution in [0.3, 0.4) is 0 Å². The largest absolute Gasteiger partial charge is 0.489 e. The van der Waals surface area contributed by atoms with Crippen molar-refractivity contribution in [2.24, 2.45) is 0 Å². The topological polar surface area (TPSA) is 21.3 Å². The normalized spacial score (nSPS) is 13.4. The van der Waals surface area contributed by atoms with Gasteiger partial charge in [-0.25, -0.2) is 0 Å². The average molecular weight is 263 g/mol. The van der Waals surface area contributed by atoms with Gasteiger partial charge in [0.2, 0.25) is 0 Å². The molecule has 108 valence electrons. The van der Waals surface area contributed by atoms with Gasteiger partial charge < -0.3 is 10.1 Å². The zero-order chi connectivity index (χ0) is 14.5. The van der Waals surface area contributed by atoms with E-state index < -0.39 is 0 Å². The molecule has 0 radical (unpaired) electrons. The second-order valence-corrected chi connectivity index (χ2v) is 6.41. The minimum absolute atomic E-state index is 0.137. The molecule has 1 unspecified atom stereocenters. The highest BCUT2D eigenvalue weighted by Crippen LogP contribution is 2.19. The molecular formula is C17H29NO. The first-order chi connectivity index (χ1) is 8.81. The number of rotatable bonds is 6. The number of aryl methyl sites for hydroxylation is 2. The monoisotopic (exact) mass is 263 g/mol. The van der Waals surface area contributed by atoms with Gasteiger partial charge >= 0.3 is 0 Å². The maximum atomic E-state index is 6.12. The molecule has 1 atom stereocenters. The van der Waals surface area contributed by atoms with Crippen LogP contribution in [0.5, 0.6) is 5.75 Å². The minimum Gasteiger partial charge on any atom is -0.489 e. The highest BCUT2D eigenvalue weighted by molar-refractivity contribution is 5.33. The molecule has 2 nitrogen and oxygen atoms in total. The summed E-state index contributed by atoms with van der Waals surface area (Å²) in [5.74, 6) is 0.984. The van der Waals surface area contributed by atoms with Crippen molar-refractivity contribution in [3.05, 3.63) is 29.3 Å². The van der Waals surface area contributed by atoms with Gasteiger partial charge in [-0.05, 0) is 64.3 Å². The van der Waals surface area contributed by atoms with E-state index in [0.29, 0.717) is 0 Å². The van der Waals surface area contributed by atoms with Gasteiger partial charge in [0, 0.05) is 12.1 Å². The van der Waals surface area contributed by atoms with Crippen LogP contribution in [-0.4, -0.2) is 18.2 Å². The van der Waals surface area contributed by atoms with Crippen molar-refractivity contribution in [1.82, 2.24) is 5.32 Å². The van der Waals surface area contributed by atoms with Gasteiger partial charge in [0.15, 0.2) is 0 Å². The summed E-state index contributed by atoms with van der Waals surface area (Å²) in [5, 5.41) is 3.53. The molecule has 0 bridgehead atoms.